The monoisotopic (exact) mass is 584 g/mol. The molecule has 0 aliphatic heterocycles. The Hall–Kier alpha value is -1.89. The highest BCUT2D eigenvalue weighted by atomic mass is 127. The second-order valence-electron chi connectivity index (χ2n) is 13.0. The quantitative estimate of drug-likeness (QED) is 0.274. The first kappa shape index (κ1) is 27.7. The summed E-state index contributed by atoms with van der Waals surface area (Å²) in [5.74, 6) is 0. The summed E-state index contributed by atoms with van der Waals surface area (Å²) >= 11 is 2.33. The number of aromatic nitrogens is 4. The molecule has 0 radical (unpaired) electrons. The maximum Gasteiger partial charge on any atom is 0.123 e. The maximum atomic E-state index is 5.14. The van der Waals surface area contributed by atoms with Crippen LogP contribution in [-0.4, -0.2) is 19.9 Å². The molecule has 188 valence electrons. The highest BCUT2D eigenvalue weighted by Gasteiger charge is 2.33. The lowest BCUT2D eigenvalue weighted by atomic mass is 9.75. The van der Waals surface area contributed by atoms with Crippen LogP contribution in [0.4, 0.5) is 0 Å². The van der Waals surface area contributed by atoms with Crippen molar-refractivity contribution in [3.8, 4) is 11.3 Å². The standard InChI is InChI=1S/C30H41IN4/c1-27(2,3)21-18-32-24(23(34-21)20-14-12-11-13-15-20)30(9,10)17-16-29(7,8)22-19-33-25(26(31)35-22)28(4,5)6/h11-15,18-19H,16-17H2,1-10H3. The van der Waals surface area contributed by atoms with Gasteiger partial charge in [0.15, 0.2) is 0 Å². The van der Waals surface area contributed by atoms with E-state index < -0.39 is 0 Å². The van der Waals surface area contributed by atoms with Crippen LogP contribution in [-0.2, 0) is 21.7 Å². The molecular formula is C30H41IN4. The number of rotatable bonds is 6. The molecule has 2 aromatic heterocycles. The third kappa shape index (κ3) is 6.46. The van der Waals surface area contributed by atoms with E-state index in [1.54, 1.807) is 0 Å². The Morgan fingerprint density at radius 1 is 0.629 bits per heavy atom. The Morgan fingerprint density at radius 3 is 1.71 bits per heavy atom. The van der Waals surface area contributed by atoms with Gasteiger partial charge in [-0.15, -0.1) is 0 Å². The average molecular weight is 585 g/mol. The Morgan fingerprint density at radius 2 is 1.17 bits per heavy atom. The van der Waals surface area contributed by atoms with Crippen LogP contribution in [0.1, 0.15) is 105 Å². The zero-order valence-electron chi connectivity index (χ0n) is 23.1. The smallest absolute Gasteiger partial charge is 0.123 e. The molecule has 0 fully saturated rings. The first-order chi connectivity index (χ1) is 16.0. The second-order valence-corrected chi connectivity index (χ2v) is 14.0. The van der Waals surface area contributed by atoms with Gasteiger partial charge in [-0.1, -0.05) is 99.6 Å². The van der Waals surface area contributed by atoms with Crippen LogP contribution in [0, 0.1) is 3.70 Å². The van der Waals surface area contributed by atoms with Gasteiger partial charge in [0.2, 0.25) is 0 Å². The van der Waals surface area contributed by atoms with Gasteiger partial charge in [0.1, 0.15) is 3.70 Å². The van der Waals surface area contributed by atoms with E-state index in [1.165, 1.54) is 0 Å². The number of nitrogens with zero attached hydrogens (tertiary/aromatic N) is 4. The number of benzene rings is 1. The Labute approximate surface area is 226 Å². The van der Waals surface area contributed by atoms with E-state index in [2.05, 4.69) is 116 Å². The summed E-state index contributed by atoms with van der Waals surface area (Å²) in [5.41, 5.74) is 5.94. The second kappa shape index (κ2) is 9.87. The molecule has 1 aromatic carbocycles. The molecule has 0 N–H and O–H groups in total. The van der Waals surface area contributed by atoms with Gasteiger partial charge in [-0.25, -0.2) is 9.97 Å². The van der Waals surface area contributed by atoms with E-state index in [0.717, 1.165) is 50.6 Å². The molecular weight excluding hydrogens is 543 g/mol. The molecule has 4 nitrogen and oxygen atoms in total. The lowest BCUT2D eigenvalue weighted by Gasteiger charge is -2.32. The van der Waals surface area contributed by atoms with Crippen molar-refractivity contribution in [1.29, 1.82) is 0 Å². The van der Waals surface area contributed by atoms with Crippen LogP contribution in [0.2, 0.25) is 0 Å². The lowest BCUT2D eigenvalue weighted by Crippen LogP contribution is -2.28. The lowest BCUT2D eigenvalue weighted by molar-refractivity contribution is 0.361. The third-order valence-corrected chi connectivity index (χ3v) is 7.49. The van der Waals surface area contributed by atoms with Gasteiger partial charge in [0, 0.05) is 39.6 Å². The Kier molecular flexibility index (Phi) is 7.81. The van der Waals surface area contributed by atoms with Crippen molar-refractivity contribution in [2.45, 2.75) is 104 Å². The summed E-state index contributed by atoms with van der Waals surface area (Å²) in [5, 5.41) is 0. The minimum absolute atomic E-state index is 0.0140. The van der Waals surface area contributed by atoms with Crippen molar-refractivity contribution < 1.29 is 0 Å². The molecule has 3 aromatic rings. The van der Waals surface area contributed by atoms with Gasteiger partial charge in [0.05, 0.1) is 28.5 Å². The van der Waals surface area contributed by atoms with Gasteiger partial charge >= 0.3 is 0 Å². The fraction of sp³-hybridized carbons (Fsp3) is 0.533. The fourth-order valence-electron chi connectivity index (χ4n) is 4.11. The van der Waals surface area contributed by atoms with Crippen LogP contribution in [0.25, 0.3) is 11.3 Å². The van der Waals surface area contributed by atoms with Gasteiger partial charge in [-0.05, 0) is 35.4 Å². The molecule has 3 rings (SSSR count). The normalized spacial score (nSPS) is 13.2. The van der Waals surface area contributed by atoms with Crippen LogP contribution in [0.3, 0.4) is 0 Å². The molecule has 0 aliphatic carbocycles. The summed E-state index contributed by atoms with van der Waals surface area (Å²) < 4.78 is 0.995. The van der Waals surface area contributed by atoms with E-state index in [4.69, 9.17) is 19.9 Å². The molecule has 0 atom stereocenters. The van der Waals surface area contributed by atoms with Gasteiger partial charge in [-0.2, -0.15) is 0 Å². The van der Waals surface area contributed by atoms with Gasteiger partial charge < -0.3 is 0 Å². The molecule has 0 aliphatic rings. The highest BCUT2D eigenvalue weighted by Crippen LogP contribution is 2.39. The van der Waals surface area contributed by atoms with Crippen molar-refractivity contribution in [2.24, 2.45) is 0 Å². The summed E-state index contributed by atoms with van der Waals surface area (Å²) in [7, 11) is 0. The zero-order chi connectivity index (χ0) is 26.2. The Bertz CT molecular complexity index is 1170. The van der Waals surface area contributed by atoms with Crippen molar-refractivity contribution in [3.05, 3.63) is 69.2 Å². The summed E-state index contributed by atoms with van der Waals surface area (Å²) in [6.45, 7) is 22.2. The van der Waals surface area contributed by atoms with Crippen LogP contribution in [0.5, 0.6) is 0 Å². The van der Waals surface area contributed by atoms with E-state index in [-0.39, 0.29) is 21.7 Å². The van der Waals surface area contributed by atoms with Gasteiger partial charge in [0.25, 0.3) is 0 Å². The maximum absolute atomic E-state index is 5.14. The van der Waals surface area contributed by atoms with Crippen LogP contribution in [0.15, 0.2) is 42.7 Å². The van der Waals surface area contributed by atoms with Gasteiger partial charge in [-0.3, -0.25) is 9.97 Å². The van der Waals surface area contributed by atoms with E-state index in [9.17, 15) is 0 Å². The van der Waals surface area contributed by atoms with Crippen molar-refractivity contribution in [3.63, 3.8) is 0 Å². The number of hydrogen-bond acceptors (Lipinski definition) is 4. The average Bonchev–Trinajstić information content (AvgIpc) is 2.76. The predicted octanol–water partition coefficient (Wildman–Crippen LogP) is 8.17. The van der Waals surface area contributed by atoms with E-state index in [1.807, 2.05) is 18.5 Å². The van der Waals surface area contributed by atoms with Crippen molar-refractivity contribution >= 4 is 22.6 Å². The first-order valence-electron chi connectivity index (χ1n) is 12.5. The molecule has 0 saturated heterocycles. The van der Waals surface area contributed by atoms with E-state index in [0.29, 0.717) is 0 Å². The van der Waals surface area contributed by atoms with E-state index >= 15 is 0 Å². The molecule has 0 unspecified atom stereocenters. The molecule has 5 heteroatoms. The fourth-order valence-corrected chi connectivity index (χ4v) is 5.32. The summed E-state index contributed by atoms with van der Waals surface area (Å²) in [6.07, 6.45) is 5.87. The Balaban J connectivity index is 1.93. The van der Waals surface area contributed by atoms with Crippen LogP contribution < -0.4 is 0 Å². The third-order valence-electron chi connectivity index (χ3n) is 6.74. The molecule has 0 bridgehead atoms. The summed E-state index contributed by atoms with van der Waals surface area (Å²) in [6, 6.07) is 10.5. The minimum Gasteiger partial charge on any atom is -0.257 e. The SMILES string of the molecule is CC(C)(C)c1cnc(C(C)(C)CCC(C)(C)c2cnc(C(C)(C)C)c(I)n2)c(-c2ccccc2)n1. The molecule has 35 heavy (non-hydrogen) atoms. The first-order valence-corrected chi connectivity index (χ1v) is 13.6. The van der Waals surface area contributed by atoms with Crippen LogP contribution >= 0.6 is 22.6 Å². The zero-order valence-corrected chi connectivity index (χ0v) is 25.3. The molecule has 0 spiro atoms. The molecule has 0 saturated carbocycles. The predicted molar refractivity (Wildman–Crippen MR) is 155 cm³/mol. The number of hydrogen-bond donors (Lipinski definition) is 0. The summed E-state index contributed by atoms with van der Waals surface area (Å²) in [4.78, 5) is 20.0. The molecule has 0 amide bonds. The minimum atomic E-state index is -0.155. The van der Waals surface area contributed by atoms with Crippen molar-refractivity contribution in [2.75, 3.05) is 0 Å². The highest BCUT2D eigenvalue weighted by molar-refractivity contribution is 14.1. The topological polar surface area (TPSA) is 51.6 Å². The number of halogens is 1. The van der Waals surface area contributed by atoms with Crippen molar-refractivity contribution in [1.82, 2.24) is 19.9 Å². The molecule has 2 heterocycles. The largest absolute Gasteiger partial charge is 0.257 e.